The Balaban J connectivity index is 0.00000363. The van der Waals surface area contributed by atoms with Gasteiger partial charge in [0.25, 0.3) is 0 Å². The third kappa shape index (κ3) is 6.71. The van der Waals surface area contributed by atoms with Crippen LogP contribution >= 0.6 is 12.4 Å². The maximum Gasteiger partial charge on any atom is 0.187 e. The zero-order chi connectivity index (χ0) is 22.4. The van der Waals surface area contributed by atoms with E-state index in [-0.39, 0.29) is 30.7 Å². The largest absolute Gasteiger partial charge is 0.294 e. The lowest BCUT2D eigenvalue weighted by molar-refractivity contribution is 0.0992. The molecular formula is C26H25ClF2N2O. The summed E-state index contributed by atoms with van der Waals surface area (Å²) in [6.07, 6.45) is 0.268. The molecular weight excluding hydrogens is 430 g/mol. The van der Waals surface area contributed by atoms with Crippen LogP contribution in [0.3, 0.4) is 0 Å². The molecule has 3 nitrogen and oxygen atoms in total. The molecule has 0 bridgehead atoms. The number of ketones is 1. The van der Waals surface area contributed by atoms with Gasteiger partial charge in [-0.05, 0) is 48.7 Å². The number of hydrogen-bond acceptors (Lipinski definition) is 2. The Labute approximate surface area is 193 Å². The third-order valence-electron chi connectivity index (χ3n) is 5.16. The SMILES string of the molecule is Cl.[C-]#[N+]c1ccc(CC(=O)c2cccc(CN(Cc3ccc(F)c(F)c3)C(C)C)c2)cc1. The molecule has 0 spiro atoms. The predicted octanol–water partition coefficient (Wildman–Crippen LogP) is 6.77. The van der Waals surface area contributed by atoms with Crippen molar-refractivity contribution in [2.45, 2.75) is 39.4 Å². The Morgan fingerprint density at radius 3 is 2.12 bits per heavy atom. The van der Waals surface area contributed by atoms with Crippen molar-refractivity contribution < 1.29 is 13.6 Å². The van der Waals surface area contributed by atoms with Crippen LogP contribution < -0.4 is 0 Å². The summed E-state index contributed by atoms with van der Waals surface area (Å²) in [6, 6.07) is 18.7. The van der Waals surface area contributed by atoms with E-state index in [1.807, 2.05) is 32.0 Å². The van der Waals surface area contributed by atoms with Crippen molar-refractivity contribution >= 4 is 23.9 Å². The topological polar surface area (TPSA) is 24.7 Å². The maximum atomic E-state index is 13.6. The first-order valence-electron chi connectivity index (χ1n) is 10.1. The molecule has 0 fully saturated rings. The van der Waals surface area contributed by atoms with Gasteiger partial charge in [0.05, 0.1) is 6.57 Å². The molecule has 3 aromatic rings. The highest BCUT2D eigenvalue weighted by molar-refractivity contribution is 5.97. The molecule has 3 rings (SSSR count). The van der Waals surface area contributed by atoms with Gasteiger partial charge >= 0.3 is 0 Å². The minimum absolute atomic E-state index is 0. The Bertz CT molecular complexity index is 1110. The van der Waals surface area contributed by atoms with Crippen molar-refractivity contribution in [3.8, 4) is 0 Å². The standard InChI is InChI=1S/C26H24F2N2O.ClH/c1-18(2)30(17-21-9-12-24(27)25(28)14-21)16-20-5-4-6-22(13-20)26(31)15-19-7-10-23(29-3)11-8-19;/h4-14,18H,15-17H2,1-2H3;1H. The predicted molar refractivity (Wildman–Crippen MR) is 125 cm³/mol. The summed E-state index contributed by atoms with van der Waals surface area (Å²) in [5.74, 6) is -1.69. The highest BCUT2D eigenvalue weighted by Gasteiger charge is 2.14. The van der Waals surface area contributed by atoms with Crippen LogP contribution in [0.1, 0.15) is 40.9 Å². The minimum atomic E-state index is -0.852. The van der Waals surface area contributed by atoms with Crippen LogP contribution in [0.4, 0.5) is 14.5 Å². The van der Waals surface area contributed by atoms with Gasteiger partial charge in [-0.2, -0.15) is 0 Å². The van der Waals surface area contributed by atoms with Gasteiger partial charge in [0, 0.05) is 31.1 Å². The Hall–Kier alpha value is -3.07. The molecule has 166 valence electrons. The molecule has 0 unspecified atom stereocenters. The monoisotopic (exact) mass is 454 g/mol. The number of rotatable bonds is 8. The fourth-order valence-corrected chi connectivity index (χ4v) is 3.35. The van der Waals surface area contributed by atoms with E-state index in [1.165, 1.54) is 6.07 Å². The highest BCUT2D eigenvalue weighted by atomic mass is 35.5. The molecule has 0 saturated heterocycles. The molecule has 0 atom stereocenters. The molecule has 0 aromatic heterocycles. The summed E-state index contributed by atoms with van der Waals surface area (Å²) in [4.78, 5) is 18.3. The van der Waals surface area contributed by atoms with Crippen LogP contribution in [0, 0.1) is 18.2 Å². The lowest BCUT2D eigenvalue weighted by Crippen LogP contribution is -2.30. The fourth-order valence-electron chi connectivity index (χ4n) is 3.35. The molecule has 6 heteroatoms. The Morgan fingerprint density at radius 1 is 0.906 bits per heavy atom. The van der Waals surface area contributed by atoms with E-state index in [4.69, 9.17) is 6.57 Å². The first-order chi connectivity index (χ1) is 14.9. The van der Waals surface area contributed by atoms with Crippen molar-refractivity contribution in [1.82, 2.24) is 4.90 Å². The number of Topliss-reactive ketones (excluding diaryl/α,β-unsaturated/α-hetero) is 1. The van der Waals surface area contributed by atoms with Gasteiger partial charge in [0.15, 0.2) is 23.1 Å². The van der Waals surface area contributed by atoms with Gasteiger partial charge in [0.2, 0.25) is 0 Å². The van der Waals surface area contributed by atoms with E-state index in [0.717, 1.165) is 17.2 Å². The van der Waals surface area contributed by atoms with Crippen molar-refractivity contribution in [2.24, 2.45) is 0 Å². The second-order valence-corrected chi connectivity index (χ2v) is 7.83. The fraction of sp³-hybridized carbons (Fsp3) is 0.231. The van der Waals surface area contributed by atoms with Gasteiger partial charge < -0.3 is 0 Å². The Morgan fingerprint density at radius 2 is 1.53 bits per heavy atom. The van der Waals surface area contributed by atoms with Crippen molar-refractivity contribution in [1.29, 1.82) is 0 Å². The number of nitrogens with zero attached hydrogens (tertiary/aromatic N) is 2. The second-order valence-electron chi connectivity index (χ2n) is 7.83. The van der Waals surface area contributed by atoms with Crippen molar-refractivity contribution in [2.75, 3.05) is 0 Å². The molecule has 0 N–H and O–H groups in total. The van der Waals surface area contributed by atoms with E-state index in [9.17, 15) is 13.6 Å². The van der Waals surface area contributed by atoms with Crippen LogP contribution in [0.2, 0.25) is 0 Å². The summed E-state index contributed by atoms with van der Waals surface area (Å²) in [6.45, 7) is 12.1. The quantitative estimate of drug-likeness (QED) is 0.277. The lowest BCUT2D eigenvalue weighted by atomic mass is 10.0. The first-order valence-corrected chi connectivity index (χ1v) is 10.1. The number of carbonyl (C=O) groups is 1. The normalized spacial score (nSPS) is 10.7. The van der Waals surface area contributed by atoms with Crippen LogP contribution in [0.5, 0.6) is 0 Å². The average molecular weight is 455 g/mol. The summed E-state index contributed by atoms with van der Waals surface area (Å²) in [5, 5.41) is 0. The van der Waals surface area contributed by atoms with Gasteiger partial charge in [-0.3, -0.25) is 9.69 Å². The molecule has 3 aromatic carbocycles. The van der Waals surface area contributed by atoms with E-state index in [2.05, 4.69) is 9.74 Å². The van der Waals surface area contributed by atoms with Gasteiger partial charge in [-0.1, -0.05) is 48.5 Å². The van der Waals surface area contributed by atoms with Crippen molar-refractivity contribution in [3.63, 3.8) is 0 Å². The first kappa shape index (κ1) is 25.2. The zero-order valence-electron chi connectivity index (χ0n) is 18.0. The number of hydrogen-bond donors (Lipinski definition) is 0. The summed E-state index contributed by atoms with van der Waals surface area (Å²) >= 11 is 0. The van der Waals surface area contributed by atoms with Gasteiger partial charge in [-0.15, -0.1) is 12.4 Å². The Kier molecular flexibility index (Phi) is 9.07. The highest BCUT2D eigenvalue weighted by Crippen LogP contribution is 2.18. The van der Waals surface area contributed by atoms with Crippen LogP contribution in [-0.2, 0) is 19.5 Å². The van der Waals surface area contributed by atoms with Crippen LogP contribution in [-0.4, -0.2) is 16.7 Å². The number of carbonyl (C=O) groups excluding carboxylic acids is 1. The summed E-state index contributed by atoms with van der Waals surface area (Å²) in [5.41, 5.74) is 3.72. The van der Waals surface area contributed by atoms with Gasteiger partial charge in [0.1, 0.15) is 0 Å². The number of halogens is 3. The smallest absolute Gasteiger partial charge is 0.187 e. The molecule has 0 aliphatic heterocycles. The summed E-state index contributed by atoms with van der Waals surface area (Å²) in [7, 11) is 0. The van der Waals surface area contributed by atoms with E-state index in [1.54, 1.807) is 36.4 Å². The van der Waals surface area contributed by atoms with E-state index >= 15 is 0 Å². The van der Waals surface area contributed by atoms with Crippen LogP contribution in [0.25, 0.3) is 4.85 Å². The molecule has 0 saturated carbocycles. The number of benzene rings is 3. The lowest BCUT2D eigenvalue weighted by Gasteiger charge is -2.27. The van der Waals surface area contributed by atoms with E-state index < -0.39 is 11.6 Å². The molecule has 0 radical (unpaired) electrons. The van der Waals surface area contributed by atoms with Crippen LogP contribution in [0.15, 0.2) is 66.7 Å². The maximum absolute atomic E-state index is 13.6. The van der Waals surface area contributed by atoms with Crippen molar-refractivity contribution in [3.05, 3.63) is 112 Å². The third-order valence-corrected chi connectivity index (χ3v) is 5.16. The second kappa shape index (κ2) is 11.5. The van der Waals surface area contributed by atoms with Gasteiger partial charge in [-0.25, -0.2) is 13.6 Å². The molecule has 0 aliphatic carbocycles. The minimum Gasteiger partial charge on any atom is -0.294 e. The molecule has 0 amide bonds. The molecule has 0 heterocycles. The molecule has 32 heavy (non-hydrogen) atoms. The zero-order valence-corrected chi connectivity index (χ0v) is 18.8. The average Bonchev–Trinajstić information content (AvgIpc) is 2.76. The van der Waals surface area contributed by atoms with E-state index in [0.29, 0.717) is 29.9 Å². The molecule has 0 aliphatic rings. The summed E-state index contributed by atoms with van der Waals surface area (Å²) < 4.78 is 26.8.